The standard InChI is InChI=1S/C48H35NS/c1-47(2)39-17-8-5-12-31(39)35-24-37-38-25-36-32-13-6-9-18-40(32)48(3,4)42(36)27-44(38)49(43(37)26-41(35)47)29-22-20-28(21-23-29)30-15-11-16-34-33-14-7-10-19-45(33)50-46(30)34/h5-27H,1-4H3. The van der Waals surface area contributed by atoms with Crippen molar-refractivity contribution in [3.63, 3.8) is 0 Å². The molecular formula is C48H35NS. The second-order valence-electron chi connectivity index (χ2n) is 15.3. The third-order valence-electron chi connectivity index (χ3n) is 12.0. The number of aromatic nitrogens is 1. The van der Waals surface area contributed by atoms with Crippen molar-refractivity contribution in [3.8, 4) is 39.1 Å². The zero-order chi connectivity index (χ0) is 33.5. The second kappa shape index (κ2) is 9.62. The number of rotatable bonds is 2. The van der Waals surface area contributed by atoms with E-state index in [0.717, 1.165) is 0 Å². The summed E-state index contributed by atoms with van der Waals surface area (Å²) in [5, 5.41) is 5.31. The lowest BCUT2D eigenvalue weighted by molar-refractivity contribution is 0.660. The minimum Gasteiger partial charge on any atom is -0.309 e. The molecule has 0 amide bonds. The van der Waals surface area contributed by atoms with Crippen LogP contribution >= 0.6 is 11.3 Å². The number of nitrogens with zero attached hydrogens (tertiary/aromatic N) is 1. The Morgan fingerprint density at radius 2 is 0.940 bits per heavy atom. The van der Waals surface area contributed by atoms with Crippen molar-refractivity contribution in [3.05, 3.63) is 162 Å². The lowest BCUT2D eigenvalue weighted by Crippen LogP contribution is -2.15. The Morgan fingerprint density at radius 1 is 0.420 bits per heavy atom. The Kier molecular flexibility index (Phi) is 5.47. The van der Waals surface area contributed by atoms with E-state index in [2.05, 4.69) is 172 Å². The highest BCUT2D eigenvalue weighted by molar-refractivity contribution is 7.26. The molecule has 2 aliphatic carbocycles. The first-order valence-corrected chi connectivity index (χ1v) is 18.5. The average Bonchev–Trinajstić information content (AvgIpc) is 3.81. The molecule has 2 heterocycles. The topological polar surface area (TPSA) is 4.93 Å². The molecule has 2 aromatic heterocycles. The monoisotopic (exact) mass is 657 g/mol. The van der Waals surface area contributed by atoms with Crippen LogP contribution in [0.2, 0.25) is 0 Å². The van der Waals surface area contributed by atoms with E-state index in [1.54, 1.807) is 0 Å². The third kappa shape index (κ3) is 3.57. The van der Waals surface area contributed by atoms with Gasteiger partial charge in [-0.25, -0.2) is 0 Å². The van der Waals surface area contributed by atoms with Crippen molar-refractivity contribution in [1.82, 2.24) is 4.57 Å². The molecule has 7 aromatic carbocycles. The van der Waals surface area contributed by atoms with Gasteiger partial charge in [-0.2, -0.15) is 0 Å². The Hall–Kier alpha value is -5.44. The zero-order valence-electron chi connectivity index (χ0n) is 28.6. The first-order valence-electron chi connectivity index (χ1n) is 17.7. The third-order valence-corrected chi connectivity index (χ3v) is 13.2. The normalized spacial score (nSPS) is 15.1. The highest BCUT2D eigenvalue weighted by Crippen LogP contribution is 2.54. The summed E-state index contributed by atoms with van der Waals surface area (Å²) >= 11 is 1.90. The second-order valence-corrected chi connectivity index (χ2v) is 16.4. The van der Waals surface area contributed by atoms with Crippen molar-refractivity contribution in [2.24, 2.45) is 0 Å². The van der Waals surface area contributed by atoms with Gasteiger partial charge in [0.05, 0.1) is 11.0 Å². The maximum atomic E-state index is 2.53. The van der Waals surface area contributed by atoms with Crippen molar-refractivity contribution in [2.45, 2.75) is 38.5 Å². The van der Waals surface area contributed by atoms with E-state index in [9.17, 15) is 0 Å². The van der Waals surface area contributed by atoms with Gasteiger partial charge < -0.3 is 4.57 Å². The average molecular weight is 658 g/mol. The number of hydrogen-bond donors (Lipinski definition) is 0. The molecule has 238 valence electrons. The van der Waals surface area contributed by atoms with E-state index in [-0.39, 0.29) is 10.8 Å². The molecular weight excluding hydrogens is 623 g/mol. The Labute approximate surface area is 296 Å². The van der Waals surface area contributed by atoms with Crippen LogP contribution < -0.4 is 0 Å². The van der Waals surface area contributed by atoms with E-state index in [0.29, 0.717) is 0 Å². The summed E-state index contributed by atoms with van der Waals surface area (Å²) in [7, 11) is 0. The Morgan fingerprint density at radius 3 is 1.56 bits per heavy atom. The molecule has 1 nitrogen and oxygen atoms in total. The molecule has 2 heteroatoms. The van der Waals surface area contributed by atoms with Gasteiger partial charge in [-0.3, -0.25) is 0 Å². The van der Waals surface area contributed by atoms with E-state index >= 15 is 0 Å². The summed E-state index contributed by atoms with van der Waals surface area (Å²) in [6.07, 6.45) is 0. The summed E-state index contributed by atoms with van der Waals surface area (Å²) in [5.74, 6) is 0. The van der Waals surface area contributed by atoms with Crippen LogP contribution in [0.1, 0.15) is 49.9 Å². The van der Waals surface area contributed by atoms with Crippen LogP contribution in [0.25, 0.3) is 81.0 Å². The molecule has 0 atom stereocenters. The molecule has 0 saturated heterocycles. The summed E-state index contributed by atoms with van der Waals surface area (Å²) < 4.78 is 5.23. The lowest BCUT2D eigenvalue weighted by atomic mass is 9.82. The minimum atomic E-state index is -0.0725. The molecule has 0 bridgehead atoms. The Balaban J connectivity index is 1.17. The van der Waals surface area contributed by atoms with Gasteiger partial charge in [-0.15, -0.1) is 11.3 Å². The van der Waals surface area contributed by atoms with Gasteiger partial charge in [-0.05, 0) is 98.1 Å². The highest BCUT2D eigenvalue weighted by atomic mass is 32.1. The van der Waals surface area contributed by atoms with Gasteiger partial charge in [0.2, 0.25) is 0 Å². The maximum Gasteiger partial charge on any atom is 0.0544 e. The van der Waals surface area contributed by atoms with Gasteiger partial charge in [0.15, 0.2) is 0 Å². The number of hydrogen-bond acceptors (Lipinski definition) is 1. The molecule has 0 spiro atoms. The SMILES string of the molecule is CC1(C)c2ccccc2-c2cc3c4cc5c(cc4n(-c4ccc(-c6cccc7c6sc6ccccc67)cc4)c3cc21)C(C)(C)c1ccccc1-5. The van der Waals surface area contributed by atoms with Gasteiger partial charge in [0.25, 0.3) is 0 Å². The van der Waals surface area contributed by atoms with Gasteiger partial charge in [0, 0.05) is 47.5 Å². The number of thiophene rings is 1. The minimum absolute atomic E-state index is 0.0725. The van der Waals surface area contributed by atoms with Crippen LogP contribution in [0, 0.1) is 0 Å². The molecule has 50 heavy (non-hydrogen) atoms. The fraction of sp³-hybridized carbons (Fsp3) is 0.125. The number of benzene rings is 7. The predicted octanol–water partition coefficient (Wildman–Crippen LogP) is 13.4. The summed E-state index contributed by atoms with van der Waals surface area (Å²) in [6.45, 7) is 9.53. The molecule has 0 unspecified atom stereocenters. The molecule has 9 aromatic rings. The molecule has 0 saturated carbocycles. The summed E-state index contributed by atoms with van der Waals surface area (Å²) in [5.41, 5.74) is 17.2. The molecule has 2 aliphatic rings. The van der Waals surface area contributed by atoms with Crippen molar-refractivity contribution >= 4 is 53.3 Å². The van der Waals surface area contributed by atoms with Crippen LogP contribution in [0.15, 0.2) is 140 Å². The summed E-state index contributed by atoms with van der Waals surface area (Å²) in [4.78, 5) is 0. The molecule has 0 radical (unpaired) electrons. The highest BCUT2D eigenvalue weighted by Gasteiger charge is 2.38. The van der Waals surface area contributed by atoms with Crippen molar-refractivity contribution < 1.29 is 0 Å². The van der Waals surface area contributed by atoms with E-state index in [1.807, 2.05) is 11.3 Å². The quantitative estimate of drug-likeness (QED) is 0.174. The Bertz CT molecular complexity index is 2790. The lowest BCUT2D eigenvalue weighted by Gasteiger charge is -2.22. The largest absolute Gasteiger partial charge is 0.309 e. The maximum absolute atomic E-state index is 2.53. The first kappa shape index (κ1) is 28.4. The van der Waals surface area contributed by atoms with E-state index in [1.165, 1.54) is 103 Å². The molecule has 0 aliphatic heterocycles. The predicted molar refractivity (Wildman–Crippen MR) is 214 cm³/mol. The fourth-order valence-corrected chi connectivity index (χ4v) is 10.7. The van der Waals surface area contributed by atoms with Crippen LogP contribution in [0.3, 0.4) is 0 Å². The molecule has 0 N–H and O–H groups in total. The first-order chi connectivity index (χ1) is 24.3. The molecule has 0 fully saturated rings. The van der Waals surface area contributed by atoms with Crippen LogP contribution in [0.4, 0.5) is 0 Å². The van der Waals surface area contributed by atoms with Gasteiger partial charge in [-0.1, -0.05) is 125 Å². The fourth-order valence-electron chi connectivity index (χ4n) is 9.45. The zero-order valence-corrected chi connectivity index (χ0v) is 29.5. The van der Waals surface area contributed by atoms with Gasteiger partial charge >= 0.3 is 0 Å². The van der Waals surface area contributed by atoms with E-state index < -0.39 is 0 Å². The smallest absolute Gasteiger partial charge is 0.0544 e. The van der Waals surface area contributed by atoms with E-state index in [4.69, 9.17) is 0 Å². The summed E-state index contributed by atoms with van der Waals surface area (Å²) in [6, 6.07) is 52.8. The number of fused-ring (bicyclic) bond motifs is 12. The van der Waals surface area contributed by atoms with Crippen molar-refractivity contribution in [1.29, 1.82) is 0 Å². The van der Waals surface area contributed by atoms with Crippen LogP contribution in [0.5, 0.6) is 0 Å². The van der Waals surface area contributed by atoms with Crippen LogP contribution in [-0.4, -0.2) is 4.57 Å². The van der Waals surface area contributed by atoms with Gasteiger partial charge in [0.1, 0.15) is 0 Å². The van der Waals surface area contributed by atoms with Crippen molar-refractivity contribution in [2.75, 3.05) is 0 Å². The molecule has 11 rings (SSSR count). The van der Waals surface area contributed by atoms with Crippen LogP contribution in [-0.2, 0) is 10.8 Å².